The molecule has 0 radical (unpaired) electrons. The SMILES string of the molecule is CN(C)C[C@H]1CSCCCN1S(=O)(=O)c1cccc(Cl)c1. The van der Waals surface area contributed by atoms with E-state index in [-0.39, 0.29) is 10.9 Å². The van der Waals surface area contributed by atoms with Gasteiger partial charge in [0.2, 0.25) is 10.0 Å². The van der Waals surface area contributed by atoms with E-state index >= 15 is 0 Å². The molecule has 1 saturated heterocycles. The molecule has 0 aromatic heterocycles. The third-order valence-electron chi connectivity index (χ3n) is 3.36. The standard InChI is InChI=1S/C14H21ClN2O2S2/c1-16(2)10-13-11-20-8-4-7-17(13)21(18,19)14-6-3-5-12(15)9-14/h3,5-6,9,13H,4,7-8,10-11H2,1-2H3/t13-/m0/s1. The zero-order valence-corrected chi connectivity index (χ0v) is 14.7. The van der Waals surface area contributed by atoms with E-state index in [4.69, 9.17) is 11.6 Å². The van der Waals surface area contributed by atoms with Crippen molar-refractivity contribution < 1.29 is 8.42 Å². The summed E-state index contributed by atoms with van der Waals surface area (Å²) in [5, 5.41) is 0.449. The van der Waals surface area contributed by atoms with E-state index in [1.54, 1.807) is 22.5 Å². The van der Waals surface area contributed by atoms with Gasteiger partial charge in [-0.2, -0.15) is 16.1 Å². The van der Waals surface area contributed by atoms with Crippen LogP contribution in [0, 0.1) is 0 Å². The zero-order valence-electron chi connectivity index (χ0n) is 12.3. The van der Waals surface area contributed by atoms with E-state index in [1.807, 2.05) is 30.8 Å². The number of hydrogen-bond donors (Lipinski definition) is 0. The van der Waals surface area contributed by atoms with Gasteiger partial charge in [-0.15, -0.1) is 0 Å². The topological polar surface area (TPSA) is 40.6 Å². The number of hydrogen-bond acceptors (Lipinski definition) is 4. The van der Waals surface area contributed by atoms with Gasteiger partial charge in [-0.25, -0.2) is 8.42 Å². The van der Waals surface area contributed by atoms with Gasteiger partial charge >= 0.3 is 0 Å². The van der Waals surface area contributed by atoms with Crippen molar-refractivity contribution in [3.63, 3.8) is 0 Å². The van der Waals surface area contributed by atoms with Crippen LogP contribution in [-0.4, -0.2) is 62.4 Å². The highest BCUT2D eigenvalue weighted by molar-refractivity contribution is 7.99. The molecule has 0 aliphatic carbocycles. The molecule has 2 rings (SSSR count). The first-order valence-electron chi connectivity index (χ1n) is 6.91. The van der Waals surface area contributed by atoms with Crippen LogP contribution in [0.3, 0.4) is 0 Å². The Bertz CT molecular complexity index is 578. The van der Waals surface area contributed by atoms with Crippen molar-refractivity contribution in [3.05, 3.63) is 29.3 Å². The van der Waals surface area contributed by atoms with Gasteiger partial charge < -0.3 is 4.90 Å². The lowest BCUT2D eigenvalue weighted by Gasteiger charge is -2.30. The van der Waals surface area contributed by atoms with Gasteiger partial charge in [0.25, 0.3) is 0 Å². The molecular formula is C14H21ClN2O2S2. The summed E-state index contributed by atoms with van der Waals surface area (Å²) in [6.07, 6.45) is 0.883. The predicted octanol–water partition coefficient (Wildman–Crippen LogP) is 2.40. The maximum Gasteiger partial charge on any atom is 0.243 e. The molecule has 4 nitrogen and oxygen atoms in total. The van der Waals surface area contributed by atoms with Crippen molar-refractivity contribution in [2.75, 3.05) is 38.7 Å². The number of sulfonamides is 1. The maximum atomic E-state index is 12.9. The van der Waals surface area contributed by atoms with Gasteiger partial charge in [-0.3, -0.25) is 0 Å². The van der Waals surface area contributed by atoms with Gasteiger partial charge in [0.15, 0.2) is 0 Å². The quantitative estimate of drug-likeness (QED) is 0.837. The molecular weight excluding hydrogens is 328 g/mol. The monoisotopic (exact) mass is 348 g/mol. The van der Waals surface area contributed by atoms with Crippen LogP contribution < -0.4 is 0 Å². The smallest absolute Gasteiger partial charge is 0.243 e. The van der Waals surface area contributed by atoms with Crippen LogP contribution in [-0.2, 0) is 10.0 Å². The van der Waals surface area contributed by atoms with Crippen molar-refractivity contribution in [2.24, 2.45) is 0 Å². The lowest BCUT2D eigenvalue weighted by molar-refractivity contribution is 0.271. The first-order chi connectivity index (χ1) is 9.91. The Morgan fingerprint density at radius 2 is 2.19 bits per heavy atom. The predicted molar refractivity (Wildman–Crippen MR) is 89.6 cm³/mol. The Labute approximate surface area is 136 Å². The Morgan fingerprint density at radius 3 is 2.86 bits per heavy atom. The van der Waals surface area contributed by atoms with Gasteiger partial charge in [0.1, 0.15) is 0 Å². The third-order valence-corrected chi connectivity index (χ3v) is 6.74. The lowest BCUT2D eigenvalue weighted by atomic mass is 10.3. The number of benzene rings is 1. The third kappa shape index (κ3) is 4.36. The van der Waals surface area contributed by atoms with Crippen LogP contribution in [0.2, 0.25) is 5.02 Å². The maximum absolute atomic E-state index is 12.9. The zero-order chi connectivity index (χ0) is 15.5. The second-order valence-corrected chi connectivity index (χ2v) is 8.89. The summed E-state index contributed by atoms with van der Waals surface area (Å²) < 4.78 is 27.5. The van der Waals surface area contributed by atoms with E-state index in [0.29, 0.717) is 11.6 Å². The van der Waals surface area contributed by atoms with Gasteiger partial charge in [0, 0.05) is 29.9 Å². The number of thioether (sulfide) groups is 1. The normalized spacial score (nSPS) is 21.4. The molecule has 1 aliphatic heterocycles. The Morgan fingerprint density at radius 1 is 1.43 bits per heavy atom. The average molecular weight is 349 g/mol. The van der Waals surface area contributed by atoms with Crippen molar-refractivity contribution >= 4 is 33.4 Å². The number of likely N-dealkylation sites (N-methyl/N-ethyl adjacent to an activating group) is 1. The van der Waals surface area contributed by atoms with Crippen LogP contribution in [0.5, 0.6) is 0 Å². The highest BCUT2D eigenvalue weighted by Gasteiger charge is 2.32. The Balaban J connectivity index is 2.34. The van der Waals surface area contributed by atoms with Crippen molar-refractivity contribution in [1.82, 2.24) is 9.21 Å². The van der Waals surface area contributed by atoms with Gasteiger partial charge in [-0.05, 0) is 44.5 Å². The van der Waals surface area contributed by atoms with Crippen LogP contribution in [0.1, 0.15) is 6.42 Å². The van der Waals surface area contributed by atoms with E-state index in [0.717, 1.165) is 24.5 Å². The molecule has 0 bridgehead atoms. The molecule has 0 saturated carbocycles. The number of nitrogens with zero attached hydrogens (tertiary/aromatic N) is 2. The molecule has 1 atom stereocenters. The summed E-state index contributed by atoms with van der Waals surface area (Å²) in [6, 6.07) is 6.52. The molecule has 0 unspecified atom stereocenters. The molecule has 7 heteroatoms. The Hall–Kier alpha value is -0.270. The van der Waals surface area contributed by atoms with Gasteiger partial charge in [-0.1, -0.05) is 17.7 Å². The summed E-state index contributed by atoms with van der Waals surface area (Å²) in [6.45, 7) is 1.30. The van der Waals surface area contributed by atoms with E-state index in [9.17, 15) is 8.42 Å². The molecule has 1 aromatic carbocycles. The summed E-state index contributed by atoms with van der Waals surface area (Å²) >= 11 is 7.77. The molecule has 1 aromatic rings. The first-order valence-corrected chi connectivity index (χ1v) is 9.88. The van der Waals surface area contributed by atoms with Crippen molar-refractivity contribution in [2.45, 2.75) is 17.4 Å². The minimum absolute atomic E-state index is 0.00326. The minimum Gasteiger partial charge on any atom is -0.308 e. The fourth-order valence-corrected chi connectivity index (χ4v) is 5.56. The van der Waals surface area contributed by atoms with Crippen LogP contribution in [0.15, 0.2) is 29.2 Å². The van der Waals surface area contributed by atoms with Gasteiger partial charge in [0.05, 0.1) is 4.90 Å². The summed E-state index contributed by atoms with van der Waals surface area (Å²) in [4.78, 5) is 2.32. The lowest BCUT2D eigenvalue weighted by Crippen LogP contribution is -2.46. The molecule has 118 valence electrons. The van der Waals surface area contributed by atoms with E-state index in [2.05, 4.69) is 0 Å². The van der Waals surface area contributed by atoms with E-state index in [1.165, 1.54) is 6.07 Å². The van der Waals surface area contributed by atoms with E-state index < -0.39 is 10.0 Å². The van der Waals surface area contributed by atoms with Crippen molar-refractivity contribution in [1.29, 1.82) is 0 Å². The largest absolute Gasteiger partial charge is 0.308 e. The molecule has 21 heavy (non-hydrogen) atoms. The first kappa shape index (κ1) is 17.1. The second-order valence-electron chi connectivity index (χ2n) is 5.42. The molecule has 0 spiro atoms. The van der Waals surface area contributed by atoms with Crippen molar-refractivity contribution in [3.8, 4) is 0 Å². The summed E-state index contributed by atoms with van der Waals surface area (Å²) in [5.74, 6) is 1.84. The fraction of sp³-hybridized carbons (Fsp3) is 0.571. The average Bonchev–Trinajstić information content (AvgIpc) is 2.64. The number of rotatable bonds is 4. The summed E-state index contributed by atoms with van der Waals surface area (Å²) in [7, 11) is 0.450. The Kier molecular flexibility index (Phi) is 5.96. The molecule has 1 heterocycles. The van der Waals surface area contributed by atoms with Crippen LogP contribution >= 0.6 is 23.4 Å². The highest BCUT2D eigenvalue weighted by Crippen LogP contribution is 2.26. The minimum atomic E-state index is -3.49. The second kappa shape index (κ2) is 7.33. The molecule has 0 N–H and O–H groups in total. The molecule has 0 amide bonds. The number of halogens is 1. The molecule has 1 fully saturated rings. The molecule has 1 aliphatic rings. The van der Waals surface area contributed by atoms with Crippen LogP contribution in [0.4, 0.5) is 0 Å². The van der Waals surface area contributed by atoms with Crippen LogP contribution in [0.25, 0.3) is 0 Å². The summed E-state index contributed by atoms with van der Waals surface area (Å²) in [5.41, 5.74) is 0. The fourth-order valence-electron chi connectivity index (χ4n) is 2.45. The highest BCUT2D eigenvalue weighted by atomic mass is 35.5.